The summed E-state index contributed by atoms with van der Waals surface area (Å²) in [6.45, 7) is 0. The molecular weight excluding hydrogens is 120 g/mol. The largest absolute Gasteiger partial charge is 0.374 e. The van der Waals surface area contributed by atoms with Gasteiger partial charge in [-0.25, -0.2) is 0 Å². The highest BCUT2D eigenvalue weighted by Gasteiger charge is 1.99. The Morgan fingerprint density at radius 1 is 1.83 bits per heavy atom. The quantitative estimate of drug-likeness (QED) is 0.331. The van der Waals surface area contributed by atoms with Gasteiger partial charge in [-0.2, -0.15) is 0 Å². The maximum absolute atomic E-state index is 9.68. The molecule has 0 aliphatic carbocycles. The maximum atomic E-state index is 9.68. The predicted octanol–water partition coefficient (Wildman–Crippen LogP) is -0.309. The van der Waals surface area contributed by atoms with Gasteiger partial charge in [0.2, 0.25) is 5.12 Å². The van der Waals surface area contributed by atoms with E-state index >= 15 is 0 Å². The van der Waals surface area contributed by atoms with Gasteiger partial charge >= 0.3 is 0 Å². The summed E-state index contributed by atoms with van der Waals surface area (Å²) in [4.78, 5) is 9.68. The van der Waals surface area contributed by atoms with Gasteiger partial charge < -0.3 is 5.11 Å². The summed E-state index contributed by atoms with van der Waals surface area (Å²) in [5.74, 6) is 0. The summed E-state index contributed by atoms with van der Waals surface area (Å²) >= 11 is 6.55. The fourth-order valence-electron chi connectivity index (χ4n) is 0. The van der Waals surface area contributed by atoms with Crippen LogP contribution in [0.1, 0.15) is 0 Å². The smallest absolute Gasteiger partial charge is 0.224 e. The third-order valence-corrected chi connectivity index (χ3v) is 0.904. The first-order valence-corrected chi connectivity index (χ1v) is 2.20. The third-order valence-electron chi connectivity index (χ3n) is 0.221. The zero-order valence-electron chi connectivity index (χ0n) is 2.83. The minimum atomic E-state index is -1.23. The summed E-state index contributed by atoms with van der Waals surface area (Å²) in [5.41, 5.74) is -1.23. The van der Waals surface area contributed by atoms with Crippen LogP contribution in [0.3, 0.4) is 0 Å². The molecule has 0 aromatic carbocycles. The molecule has 0 amide bonds. The Labute approximate surface area is 46.4 Å². The monoisotopic (exact) mass is 124 g/mol. The van der Waals surface area contributed by atoms with Gasteiger partial charge in [0, 0.05) is 0 Å². The van der Waals surface area contributed by atoms with Crippen molar-refractivity contribution in [3.63, 3.8) is 0 Å². The maximum Gasteiger partial charge on any atom is 0.224 e. The molecule has 36 valence electrons. The second-order valence-corrected chi connectivity index (χ2v) is 1.64. The van der Waals surface area contributed by atoms with Gasteiger partial charge in [0.05, 0.1) is 0 Å². The minimum Gasteiger partial charge on any atom is -0.374 e. The van der Waals surface area contributed by atoms with Crippen molar-refractivity contribution in [3.05, 3.63) is 0 Å². The van der Waals surface area contributed by atoms with Crippen molar-refractivity contribution in [1.82, 2.24) is 0 Å². The van der Waals surface area contributed by atoms with E-state index in [1.165, 1.54) is 0 Å². The molecule has 0 aromatic rings. The topological polar surface area (TPSA) is 37.3 Å². The zero-order chi connectivity index (χ0) is 5.15. The van der Waals surface area contributed by atoms with Crippen LogP contribution in [0.15, 0.2) is 0 Å². The first-order chi connectivity index (χ1) is 2.64. The van der Waals surface area contributed by atoms with E-state index in [0.29, 0.717) is 0 Å². The number of aliphatic hydroxyl groups excluding tert-OH is 1. The van der Waals surface area contributed by atoms with Gasteiger partial charge in [0.25, 0.3) is 0 Å². The average molecular weight is 124 g/mol. The molecule has 0 fully saturated rings. The standard InChI is InChI=1S/C2H4O2S2/c3-1(5)2(4)6/h1,3,5H,(H,4,6). The number of rotatable bonds is 1. The molecular formula is C2H4O2S2. The second kappa shape index (κ2) is 2.49. The van der Waals surface area contributed by atoms with E-state index in [1.807, 2.05) is 0 Å². The highest BCUT2D eigenvalue weighted by atomic mass is 32.1. The van der Waals surface area contributed by atoms with Crippen LogP contribution < -0.4 is 0 Å². The molecule has 2 nitrogen and oxygen atoms in total. The van der Waals surface area contributed by atoms with E-state index in [0.717, 1.165) is 0 Å². The van der Waals surface area contributed by atoms with Crippen molar-refractivity contribution >= 4 is 30.4 Å². The van der Waals surface area contributed by atoms with Crippen molar-refractivity contribution in [3.8, 4) is 0 Å². The lowest BCUT2D eigenvalue weighted by Gasteiger charge is -1.88. The van der Waals surface area contributed by atoms with Gasteiger partial charge in [-0.05, 0) is 0 Å². The Morgan fingerprint density at radius 2 is 2.00 bits per heavy atom. The Balaban J connectivity index is 3.26. The van der Waals surface area contributed by atoms with Gasteiger partial charge in [-0.1, -0.05) is 0 Å². The molecule has 0 bridgehead atoms. The van der Waals surface area contributed by atoms with Gasteiger partial charge in [0.15, 0.2) is 5.44 Å². The van der Waals surface area contributed by atoms with Crippen molar-refractivity contribution in [1.29, 1.82) is 0 Å². The second-order valence-electron chi connectivity index (χ2n) is 0.712. The normalized spacial score (nSPS) is 13.8. The van der Waals surface area contributed by atoms with E-state index in [-0.39, 0.29) is 0 Å². The number of carbonyl (C=O) groups is 1. The van der Waals surface area contributed by atoms with Crippen LogP contribution in [0.2, 0.25) is 0 Å². The fraction of sp³-hybridized carbons (Fsp3) is 0.500. The predicted molar refractivity (Wildman–Crippen MR) is 29.0 cm³/mol. The molecule has 4 heteroatoms. The molecule has 0 aliphatic rings. The zero-order valence-corrected chi connectivity index (χ0v) is 4.62. The number of hydrogen-bond acceptors (Lipinski definition) is 3. The number of aliphatic hydroxyl groups is 1. The molecule has 0 heterocycles. The van der Waals surface area contributed by atoms with Crippen molar-refractivity contribution in [2.45, 2.75) is 5.44 Å². The van der Waals surface area contributed by atoms with Crippen LogP contribution >= 0.6 is 25.3 Å². The molecule has 0 rings (SSSR count). The van der Waals surface area contributed by atoms with E-state index in [4.69, 9.17) is 5.11 Å². The Bertz CT molecular complexity index is 60.6. The number of carbonyl (C=O) groups excluding carboxylic acids is 1. The molecule has 1 unspecified atom stereocenters. The first kappa shape index (κ1) is 6.33. The fourth-order valence-corrected chi connectivity index (χ4v) is 0. The van der Waals surface area contributed by atoms with Crippen molar-refractivity contribution < 1.29 is 9.90 Å². The van der Waals surface area contributed by atoms with Crippen LogP contribution in [0.4, 0.5) is 0 Å². The van der Waals surface area contributed by atoms with E-state index in [9.17, 15) is 4.79 Å². The molecule has 0 saturated carbocycles. The van der Waals surface area contributed by atoms with E-state index in [1.54, 1.807) is 0 Å². The van der Waals surface area contributed by atoms with Gasteiger partial charge in [0.1, 0.15) is 0 Å². The lowest BCUT2D eigenvalue weighted by atomic mass is 10.8. The molecule has 6 heavy (non-hydrogen) atoms. The molecule has 0 radical (unpaired) electrons. The van der Waals surface area contributed by atoms with Crippen molar-refractivity contribution in [2.75, 3.05) is 0 Å². The minimum absolute atomic E-state index is 0.627. The highest BCUT2D eigenvalue weighted by molar-refractivity contribution is 7.99. The SMILES string of the molecule is O=C(S)C(O)S. The molecule has 1 N–H and O–H groups in total. The Hall–Kier alpha value is 0.330. The van der Waals surface area contributed by atoms with Crippen LogP contribution in [0.5, 0.6) is 0 Å². The van der Waals surface area contributed by atoms with Gasteiger partial charge in [-0.15, -0.1) is 25.3 Å². The molecule has 0 spiro atoms. The lowest BCUT2D eigenvalue weighted by Crippen LogP contribution is -2.04. The lowest BCUT2D eigenvalue weighted by molar-refractivity contribution is -0.114. The van der Waals surface area contributed by atoms with Gasteiger partial charge in [-0.3, -0.25) is 4.79 Å². The highest BCUT2D eigenvalue weighted by Crippen LogP contribution is 1.91. The van der Waals surface area contributed by atoms with Crippen LogP contribution in [-0.2, 0) is 4.79 Å². The van der Waals surface area contributed by atoms with E-state index < -0.39 is 10.6 Å². The Kier molecular flexibility index (Phi) is 2.63. The van der Waals surface area contributed by atoms with Crippen LogP contribution in [0, 0.1) is 0 Å². The summed E-state index contributed by atoms with van der Waals surface area (Å²) in [6.07, 6.45) is 0. The summed E-state index contributed by atoms with van der Waals surface area (Å²) in [6, 6.07) is 0. The van der Waals surface area contributed by atoms with Crippen LogP contribution in [-0.4, -0.2) is 15.7 Å². The first-order valence-electron chi connectivity index (χ1n) is 1.23. The molecule has 1 atom stereocenters. The molecule has 0 aromatic heterocycles. The summed E-state index contributed by atoms with van der Waals surface area (Å²) in [5, 5.41) is 7.44. The number of hydrogen-bond donors (Lipinski definition) is 3. The van der Waals surface area contributed by atoms with Crippen molar-refractivity contribution in [2.24, 2.45) is 0 Å². The number of thiol groups is 2. The molecule has 0 aliphatic heterocycles. The Morgan fingerprint density at radius 3 is 2.00 bits per heavy atom. The summed E-state index contributed by atoms with van der Waals surface area (Å²) < 4.78 is 0. The molecule has 0 saturated heterocycles. The van der Waals surface area contributed by atoms with E-state index in [2.05, 4.69) is 25.3 Å². The van der Waals surface area contributed by atoms with Crippen LogP contribution in [0.25, 0.3) is 0 Å². The average Bonchev–Trinajstić information content (AvgIpc) is 1.36. The summed E-state index contributed by atoms with van der Waals surface area (Å²) in [7, 11) is 0. The third kappa shape index (κ3) is 2.56.